The van der Waals surface area contributed by atoms with Crippen molar-refractivity contribution < 1.29 is 19.1 Å². The molecule has 6 heteroatoms. The molecule has 3 aliphatic heterocycles. The van der Waals surface area contributed by atoms with Crippen LogP contribution < -0.4 is 9.47 Å². The lowest BCUT2D eigenvalue weighted by Crippen LogP contribution is -2.51. The number of ether oxygens (including phenoxy) is 2. The monoisotopic (exact) mass is 448 g/mol. The molecular formula is C27H32N2O4. The van der Waals surface area contributed by atoms with Crippen molar-refractivity contribution in [3.63, 3.8) is 0 Å². The van der Waals surface area contributed by atoms with Crippen molar-refractivity contribution in [2.45, 2.75) is 51.5 Å². The molecule has 1 saturated heterocycles. The predicted octanol–water partition coefficient (Wildman–Crippen LogP) is 4.33. The van der Waals surface area contributed by atoms with Crippen molar-refractivity contribution in [3.05, 3.63) is 58.7 Å². The fourth-order valence-corrected chi connectivity index (χ4v) is 5.65. The summed E-state index contributed by atoms with van der Waals surface area (Å²) < 4.78 is 11.8. The first kappa shape index (κ1) is 21.8. The zero-order chi connectivity index (χ0) is 22.9. The molecule has 2 atom stereocenters. The zero-order valence-corrected chi connectivity index (χ0v) is 19.5. The Morgan fingerprint density at radius 1 is 0.939 bits per heavy atom. The van der Waals surface area contributed by atoms with E-state index in [4.69, 9.17) is 9.47 Å². The number of nitrogens with zero attached hydrogens (tertiary/aromatic N) is 2. The van der Waals surface area contributed by atoms with Gasteiger partial charge in [0.1, 0.15) is 0 Å². The van der Waals surface area contributed by atoms with Crippen molar-refractivity contribution in [3.8, 4) is 11.5 Å². The average Bonchev–Trinajstić information content (AvgIpc) is 2.85. The van der Waals surface area contributed by atoms with Gasteiger partial charge in [-0.3, -0.25) is 9.59 Å². The topological polar surface area (TPSA) is 59.1 Å². The highest BCUT2D eigenvalue weighted by Crippen LogP contribution is 2.49. The van der Waals surface area contributed by atoms with Crippen LogP contribution in [0.25, 0.3) is 0 Å². The normalized spacial score (nSPS) is 21.7. The van der Waals surface area contributed by atoms with Crippen LogP contribution in [0.3, 0.4) is 0 Å². The number of benzene rings is 2. The molecular weight excluding hydrogens is 416 g/mol. The van der Waals surface area contributed by atoms with Gasteiger partial charge in [-0.2, -0.15) is 0 Å². The van der Waals surface area contributed by atoms with Gasteiger partial charge in [0.25, 0.3) is 5.91 Å². The second-order valence-electron chi connectivity index (χ2n) is 9.01. The van der Waals surface area contributed by atoms with E-state index in [0.29, 0.717) is 31.1 Å². The van der Waals surface area contributed by atoms with Gasteiger partial charge < -0.3 is 19.3 Å². The zero-order valence-electron chi connectivity index (χ0n) is 19.5. The van der Waals surface area contributed by atoms with Crippen molar-refractivity contribution >= 4 is 11.8 Å². The Labute approximate surface area is 195 Å². The van der Waals surface area contributed by atoms with E-state index in [0.717, 1.165) is 54.8 Å². The van der Waals surface area contributed by atoms with Gasteiger partial charge in [-0.25, -0.2) is 0 Å². The summed E-state index contributed by atoms with van der Waals surface area (Å²) in [6, 6.07) is 11.4. The summed E-state index contributed by atoms with van der Waals surface area (Å²) >= 11 is 0. The maximum absolute atomic E-state index is 14.0. The van der Waals surface area contributed by atoms with Crippen LogP contribution >= 0.6 is 0 Å². The standard InChI is InChI=1S/C27H32N2O4/c1-3-32-22-16-18-12-15-29-25(21(18)17-23(22)33-4-2)24(27(31)28-13-8-5-9-14-28)19-10-6-7-11-20(19)26(29)30/h6-7,10-11,16-17,24-25H,3-5,8-9,12-15H2,1-2H3. The number of piperidine rings is 1. The number of hydrogen-bond donors (Lipinski definition) is 0. The summed E-state index contributed by atoms with van der Waals surface area (Å²) in [6.07, 6.45) is 3.98. The van der Waals surface area contributed by atoms with Gasteiger partial charge in [0.2, 0.25) is 5.91 Å². The van der Waals surface area contributed by atoms with Gasteiger partial charge >= 0.3 is 0 Å². The maximum atomic E-state index is 14.0. The van der Waals surface area contributed by atoms with Gasteiger partial charge in [0.05, 0.1) is 25.2 Å². The molecule has 0 N–H and O–H groups in total. The molecule has 0 spiro atoms. The number of hydrogen-bond acceptors (Lipinski definition) is 4. The first-order valence-electron chi connectivity index (χ1n) is 12.2. The van der Waals surface area contributed by atoms with E-state index in [2.05, 4.69) is 6.07 Å². The maximum Gasteiger partial charge on any atom is 0.254 e. The highest BCUT2D eigenvalue weighted by atomic mass is 16.5. The number of amides is 2. The van der Waals surface area contributed by atoms with Gasteiger partial charge in [-0.1, -0.05) is 18.2 Å². The first-order chi connectivity index (χ1) is 16.1. The lowest BCUT2D eigenvalue weighted by Gasteiger charge is -2.46. The lowest BCUT2D eigenvalue weighted by molar-refractivity contribution is -0.135. The van der Waals surface area contributed by atoms with Crippen LogP contribution in [0.1, 0.15) is 72.1 Å². The van der Waals surface area contributed by atoms with E-state index in [-0.39, 0.29) is 17.9 Å². The van der Waals surface area contributed by atoms with Crippen molar-refractivity contribution in [1.82, 2.24) is 9.80 Å². The number of fused-ring (bicyclic) bond motifs is 4. The van der Waals surface area contributed by atoms with Crippen molar-refractivity contribution in [2.24, 2.45) is 0 Å². The summed E-state index contributed by atoms with van der Waals surface area (Å²) in [5.41, 5.74) is 3.64. The highest BCUT2D eigenvalue weighted by Gasteiger charge is 2.47. The van der Waals surface area contributed by atoms with E-state index in [9.17, 15) is 9.59 Å². The molecule has 0 aliphatic carbocycles. The molecule has 3 heterocycles. The van der Waals surface area contributed by atoms with Crippen LogP contribution in [-0.2, 0) is 11.2 Å². The minimum absolute atomic E-state index is 0.00999. The molecule has 1 fully saturated rings. The smallest absolute Gasteiger partial charge is 0.254 e. The van der Waals surface area contributed by atoms with E-state index in [1.807, 2.05) is 54.0 Å². The molecule has 2 aromatic rings. The molecule has 0 bridgehead atoms. The molecule has 174 valence electrons. The third kappa shape index (κ3) is 3.75. The number of rotatable bonds is 5. The summed E-state index contributed by atoms with van der Waals surface area (Å²) in [5, 5.41) is 0. The van der Waals surface area contributed by atoms with Crippen molar-refractivity contribution in [2.75, 3.05) is 32.8 Å². The summed E-state index contributed by atoms with van der Waals surface area (Å²) in [7, 11) is 0. The fraction of sp³-hybridized carbons (Fsp3) is 0.481. The summed E-state index contributed by atoms with van der Waals surface area (Å²) in [6.45, 7) is 7.15. The largest absolute Gasteiger partial charge is 0.490 e. The fourth-order valence-electron chi connectivity index (χ4n) is 5.65. The van der Waals surface area contributed by atoms with E-state index in [1.165, 1.54) is 6.42 Å². The Kier molecular flexibility index (Phi) is 6.00. The van der Waals surface area contributed by atoms with E-state index >= 15 is 0 Å². The van der Waals surface area contributed by atoms with E-state index < -0.39 is 5.92 Å². The molecule has 3 aliphatic rings. The minimum atomic E-state index is -0.413. The lowest BCUT2D eigenvalue weighted by atomic mass is 9.75. The molecule has 2 aromatic carbocycles. The highest BCUT2D eigenvalue weighted by molar-refractivity contribution is 6.01. The number of likely N-dealkylation sites (tertiary alicyclic amines) is 1. The van der Waals surface area contributed by atoms with Gasteiger partial charge in [-0.15, -0.1) is 0 Å². The van der Waals surface area contributed by atoms with Crippen LogP contribution in [-0.4, -0.2) is 54.5 Å². The molecule has 0 saturated carbocycles. The molecule has 33 heavy (non-hydrogen) atoms. The second kappa shape index (κ2) is 9.08. The molecule has 5 rings (SSSR count). The molecule has 0 radical (unpaired) electrons. The van der Waals surface area contributed by atoms with Gasteiger partial charge in [-0.05, 0) is 74.4 Å². The van der Waals surface area contributed by atoms with Crippen molar-refractivity contribution in [1.29, 1.82) is 0 Å². The van der Waals surface area contributed by atoms with Crippen LogP contribution in [0.15, 0.2) is 36.4 Å². The van der Waals surface area contributed by atoms with E-state index in [1.54, 1.807) is 0 Å². The van der Waals surface area contributed by atoms with Crippen LogP contribution in [0.4, 0.5) is 0 Å². The minimum Gasteiger partial charge on any atom is -0.490 e. The number of carbonyl (C=O) groups is 2. The van der Waals surface area contributed by atoms with Gasteiger partial charge in [0.15, 0.2) is 11.5 Å². The Morgan fingerprint density at radius 3 is 2.36 bits per heavy atom. The molecule has 2 unspecified atom stereocenters. The Balaban J connectivity index is 1.65. The second-order valence-corrected chi connectivity index (χ2v) is 9.01. The van der Waals surface area contributed by atoms with Gasteiger partial charge in [0, 0.05) is 25.2 Å². The van der Waals surface area contributed by atoms with Crippen LogP contribution in [0.2, 0.25) is 0 Å². The quantitative estimate of drug-likeness (QED) is 0.683. The number of carbonyl (C=O) groups excluding carboxylic acids is 2. The summed E-state index contributed by atoms with van der Waals surface area (Å²) in [5.74, 6) is 1.13. The predicted molar refractivity (Wildman–Crippen MR) is 126 cm³/mol. The molecule has 2 amide bonds. The Hall–Kier alpha value is -3.02. The SMILES string of the molecule is CCOc1cc2c(cc1OCC)C1C(C(=O)N3CCCCC3)c3ccccc3C(=O)N1CC2. The first-order valence-corrected chi connectivity index (χ1v) is 12.2. The Morgan fingerprint density at radius 2 is 1.64 bits per heavy atom. The molecule has 6 nitrogen and oxygen atoms in total. The average molecular weight is 449 g/mol. The molecule has 0 aromatic heterocycles. The third-order valence-corrected chi connectivity index (χ3v) is 7.12. The van der Waals surface area contributed by atoms with Crippen LogP contribution in [0.5, 0.6) is 11.5 Å². The Bertz CT molecular complexity index is 1060. The third-order valence-electron chi connectivity index (χ3n) is 7.12. The van der Waals surface area contributed by atoms with Crippen LogP contribution in [0, 0.1) is 0 Å². The summed E-state index contributed by atoms with van der Waals surface area (Å²) in [4.78, 5) is 31.4.